The van der Waals surface area contributed by atoms with Gasteiger partial charge in [0.15, 0.2) is 5.75 Å². The van der Waals surface area contributed by atoms with Gasteiger partial charge in [0.25, 0.3) is 0 Å². The monoisotopic (exact) mass is 282 g/mol. The van der Waals surface area contributed by atoms with E-state index in [2.05, 4.69) is 0 Å². The molecule has 1 aromatic rings. The largest absolute Gasteiger partial charge is 0.503 e. The van der Waals surface area contributed by atoms with Gasteiger partial charge in [0.2, 0.25) is 5.43 Å². The predicted octanol–water partition coefficient (Wildman–Crippen LogP) is 1.35. The third-order valence-corrected chi connectivity index (χ3v) is 3.14. The molecule has 1 heterocycles. The number of carboxylic acids is 1. The molecule has 0 aliphatic carbocycles. The van der Waals surface area contributed by atoms with Crippen molar-refractivity contribution in [1.82, 2.24) is 9.47 Å². The Balaban J connectivity index is 3.53. The summed E-state index contributed by atoms with van der Waals surface area (Å²) in [7, 11) is 3.60. The van der Waals surface area contributed by atoms with E-state index in [1.54, 1.807) is 30.5 Å². The van der Waals surface area contributed by atoms with Gasteiger partial charge in [-0.15, -0.1) is 0 Å². The molecule has 1 rings (SSSR count). The molecule has 0 aliphatic rings. The van der Waals surface area contributed by atoms with Crippen molar-refractivity contribution < 1.29 is 15.0 Å². The van der Waals surface area contributed by atoms with Gasteiger partial charge in [-0.1, -0.05) is 13.3 Å². The van der Waals surface area contributed by atoms with Crippen LogP contribution in [-0.4, -0.2) is 39.7 Å². The summed E-state index contributed by atoms with van der Waals surface area (Å²) in [6, 6.07) is 0.501. The minimum atomic E-state index is -0.960. The number of pyridine rings is 1. The summed E-state index contributed by atoms with van der Waals surface area (Å²) in [6.45, 7) is 3.89. The van der Waals surface area contributed by atoms with Crippen LogP contribution in [0.15, 0.2) is 10.9 Å². The lowest BCUT2D eigenvalue weighted by Crippen LogP contribution is -2.28. The number of aromatic hydroxyl groups is 1. The van der Waals surface area contributed by atoms with Gasteiger partial charge in [0, 0.05) is 18.3 Å². The lowest BCUT2D eigenvalue weighted by Gasteiger charge is -2.25. The number of hydrogen-bond acceptors (Lipinski definition) is 4. The Labute approximate surface area is 118 Å². The molecule has 0 aromatic carbocycles. The summed E-state index contributed by atoms with van der Waals surface area (Å²) >= 11 is 0. The molecule has 112 valence electrons. The second-order valence-electron chi connectivity index (χ2n) is 5.20. The fourth-order valence-electron chi connectivity index (χ4n) is 2.32. The van der Waals surface area contributed by atoms with Crippen LogP contribution in [0.2, 0.25) is 0 Å². The molecule has 0 fully saturated rings. The smallest absolute Gasteiger partial charge is 0.326 e. The molecule has 1 aromatic heterocycles. The Morgan fingerprint density at radius 2 is 2.05 bits per heavy atom. The molecule has 0 aliphatic heterocycles. The summed E-state index contributed by atoms with van der Waals surface area (Å²) in [5, 5.41) is 19.4. The fourth-order valence-corrected chi connectivity index (χ4v) is 2.32. The van der Waals surface area contributed by atoms with Crippen LogP contribution in [0, 0.1) is 6.92 Å². The van der Waals surface area contributed by atoms with E-state index in [1.165, 1.54) is 6.07 Å². The van der Waals surface area contributed by atoms with Crippen LogP contribution in [0.5, 0.6) is 5.75 Å². The van der Waals surface area contributed by atoms with E-state index in [9.17, 15) is 19.8 Å². The van der Waals surface area contributed by atoms with Crippen molar-refractivity contribution in [2.24, 2.45) is 0 Å². The zero-order valence-electron chi connectivity index (χ0n) is 12.4. The number of aliphatic carboxylic acids is 1. The van der Waals surface area contributed by atoms with Gasteiger partial charge >= 0.3 is 5.97 Å². The average molecular weight is 282 g/mol. The maximum absolute atomic E-state index is 11.7. The molecule has 0 saturated carbocycles. The summed E-state index contributed by atoms with van der Waals surface area (Å²) < 4.78 is 1.56. The first-order chi connectivity index (χ1) is 9.29. The SMILES string of the molecule is CCCC(C(=O)O)n1c(C)cc(=O)c(O)c1CN(C)C. The highest BCUT2D eigenvalue weighted by atomic mass is 16.4. The molecule has 2 N–H and O–H groups in total. The molecule has 20 heavy (non-hydrogen) atoms. The van der Waals surface area contributed by atoms with Gasteiger partial charge in [0.05, 0.1) is 5.69 Å². The molecule has 6 nitrogen and oxygen atoms in total. The van der Waals surface area contributed by atoms with Crippen LogP contribution >= 0.6 is 0 Å². The van der Waals surface area contributed by atoms with Crippen molar-refractivity contribution >= 4 is 5.97 Å². The van der Waals surface area contributed by atoms with Crippen LogP contribution in [0.1, 0.15) is 37.2 Å². The van der Waals surface area contributed by atoms with Crippen molar-refractivity contribution in [2.45, 2.75) is 39.3 Å². The zero-order chi connectivity index (χ0) is 15.4. The fraction of sp³-hybridized carbons (Fsp3) is 0.571. The topological polar surface area (TPSA) is 82.8 Å². The molecule has 1 unspecified atom stereocenters. The summed E-state index contributed by atoms with van der Waals surface area (Å²) in [4.78, 5) is 25.0. The quantitative estimate of drug-likeness (QED) is 0.823. The number of carboxylic acid groups (broad SMARTS) is 1. The van der Waals surface area contributed by atoms with Gasteiger partial charge in [-0.2, -0.15) is 0 Å². The molecule has 6 heteroatoms. The molecule has 0 bridgehead atoms. The maximum Gasteiger partial charge on any atom is 0.326 e. The average Bonchev–Trinajstić information content (AvgIpc) is 2.33. The van der Waals surface area contributed by atoms with E-state index >= 15 is 0 Å². The number of rotatable bonds is 6. The first-order valence-corrected chi connectivity index (χ1v) is 6.61. The number of aryl methyl sites for hydroxylation is 1. The first-order valence-electron chi connectivity index (χ1n) is 6.61. The zero-order valence-corrected chi connectivity index (χ0v) is 12.4. The van der Waals surface area contributed by atoms with Gasteiger partial charge in [-0.25, -0.2) is 4.79 Å². The third kappa shape index (κ3) is 3.39. The van der Waals surface area contributed by atoms with Crippen LogP contribution in [0.3, 0.4) is 0 Å². The Bertz CT molecular complexity index is 549. The van der Waals surface area contributed by atoms with Crippen molar-refractivity contribution in [3.63, 3.8) is 0 Å². The van der Waals surface area contributed by atoms with Crippen LogP contribution in [0.4, 0.5) is 0 Å². The van der Waals surface area contributed by atoms with E-state index in [1.807, 2.05) is 6.92 Å². The van der Waals surface area contributed by atoms with E-state index in [0.29, 0.717) is 30.8 Å². The minimum Gasteiger partial charge on any atom is -0.503 e. The molecular formula is C14H22N2O4. The second-order valence-corrected chi connectivity index (χ2v) is 5.20. The van der Waals surface area contributed by atoms with Gasteiger partial charge < -0.3 is 19.7 Å². The van der Waals surface area contributed by atoms with Gasteiger partial charge in [-0.05, 0) is 27.4 Å². The van der Waals surface area contributed by atoms with Gasteiger partial charge in [0.1, 0.15) is 6.04 Å². The third-order valence-electron chi connectivity index (χ3n) is 3.14. The molecular weight excluding hydrogens is 260 g/mol. The molecule has 0 amide bonds. The summed E-state index contributed by atoms with van der Waals surface area (Å²) in [6.07, 6.45) is 1.14. The van der Waals surface area contributed by atoms with E-state index in [-0.39, 0.29) is 5.75 Å². The molecule has 0 radical (unpaired) electrons. The normalized spacial score (nSPS) is 12.7. The van der Waals surface area contributed by atoms with Crippen LogP contribution in [-0.2, 0) is 11.3 Å². The van der Waals surface area contributed by atoms with Crippen LogP contribution in [0.25, 0.3) is 0 Å². The van der Waals surface area contributed by atoms with E-state index in [0.717, 1.165) is 0 Å². The Kier molecular flexibility index (Phi) is 5.33. The summed E-state index contributed by atoms with van der Waals surface area (Å²) in [5.41, 5.74) is 0.419. The summed E-state index contributed by atoms with van der Waals surface area (Å²) in [5.74, 6) is -1.33. The Hall–Kier alpha value is -1.82. The highest BCUT2D eigenvalue weighted by molar-refractivity contribution is 5.72. The predicted molar refractivity (Wildman–Crippen MR) is 76.1 cm³/mol. The first kappa shape index (κ1) is 16.2. The molecule has 0 saturated heterocycles. The second kappa shape index (κ2) is 6.56. The van der Waals surface area contributed by atoms with Crippen molar-refractivity contribution in [3.8, 4) is 5.75 Å². The highest BCUT2D eigenvalue weighted by Crippen LogP contribution is 2.24. The number of aromatic nitrogens is 1. The Morgan fingerprint density at radius 3 is 2.50 bits per heavy atom. The molecule has 0 spiro atoms. The van der Waals surface area contributed by atoms with Crippen LogP contribution < -0.4 is 5.43 Å². The Morgan fingerprint density at radius 1 is 1.45 bits per heavy atom. The highest BCUT2D eigenvalue weighted by Gasteiger charge is 2.24. The number of hydrogen-bond donors (Lipinski definition) is 2. The van der Waals surface area contributed by atoms with E-state index < -0.39 is 17.4 Å². The standard InChI is InChI=1S/C14H22N2O4/c1-5-6-10(14(19)20)16-9(2)7-12(17)13(18)11(16)8-15(3)4/h7,10,18H,5-6,8H2,1-4H3,(H,19,20). The lowest BCUT2D eigenvalue weighted by atomic mass is 10.1. The maximum atomic E-state index is 11.7. The number of carbonyl (C=O) groups is 1. The van der Waals surface area contributed by atoms with Crippen molar-refractivity contribution in [3.05, 3.63) is 27.7 Å². The lowest BCUT2D eigenvalue weighted by molar-refractivity contribution is -0.141. The minimum absolute atomic E-state index is 0.302. The van der Waals surface area contributed by atoms with E-state index in [4.69, 9.17) is 0 Å². The van der Waals surface area contributed by atoms with Crippen molar-refractivity contribution in [1.29, 1.82) is 0 Å². The van der Waals surface area contributed by atoms with Crippen molar-refractivity contribution in [2.75, 3.05) is 14.1 Å². The molecule has 1 atom stereocenters. The van der Waals surface area contributed by atoms with Gasteiger partial charge in [-0.3, -0.25) is 4.79 Å². The number of nitrogens with zero attached hydrogens (tertiary/aromatic N) is 2.